The Labute approximate surface area is 127 Å². The van der Waals surface area contributed by atoms with E-state index in [1.54, 1.807) is 24.3 Å². The van der Waals surface area contributed by atoms with Gasteiger partial charge in [0.25, 0.3) is 9.05 Å². The van der Waals surface area contributed by atoms with Gasteiger partial charge in [-0.3, -0.25) is 0 Å². The van der Waals surface area contributed by atoms with Crippen LogP contribution in [0.15, 0.2) is 47.4 Å². The van der Waals surface area contributed by atoms with Crippen LogP contribution in [0.3, 0.4) is 0 Å². The standard InChI is InChI=1S/C15H14ClFO3S/c1-2-11-5-8-14(15(9-11)21(16,18)19)20-10-12-3-6-13(17)7-4-12/h3-9H,2,10H2,1H3. The highest BCUT2D eigenvalue weighted by Gasteiger charge is 2.17. The number of ether oxygens (including phenoxy) is 1. The largest absolute Gasteiger partial charge is 0.487 e. The van der Waals surface area contributed by atoms with Crippen LogP contribution in [0.25, 0.3) is 0 Å². The molecule has 0 unspecified atom stereocenters. The van der Waals surface area contributed by atoms with Crippen molar-refractivity contribution in [3.05, 3.63) is 59.4 Å². The Bertz CT molecular complexity index is 727. The molecule has 112 valence electrons. The molecule has 0 radical (unpaired) electrons. The molecule has 0 saturated heterocycles. The molecule has 2 rings (SSSR count). The van der Waals surface area contributed by atoms with Gasteiger partial charge in [-0.1, -0.05) is 25.1 Å². The smallest absolute Gasteiger partial charge is 0.264 e. The van der Waals surface area contributed by atoms with E-state index in [9.17, 15) is 12.8 Å². The maximum atomic E-state index is 12.8. The van der Waals surface area contributed by atoms with Crippen molar-refractivity contribution < 1.29 is 17.5 Å². The van der Waals surface area contributed by atoms with Crippen LogP contribution in [0.1, 0.15) is 18.1 Å². The molecule has 0 N–H and O–H groups in total. The monoisotopic (exact) mass is 328 g/mol. The van der Waals surface area contributed by atoms with Crippen LogP contribution in [-0.2, 0) is 22.1 Å². The minimum Gasteiger partial charge on any atom is -0.487 e. The second kappa shape index (κ2) is 6.45. The Morgan fingerprint density at radius 1 is 1.10 bits per heavy atom. The lowest BCUT2D eigenvalue weighted by molar-refractivity contribution is 0.298. The van der Waals surface area contributed by atoms with E-state index in [0.717, 1.165) is 11.1 Å². The summed E-state index contributed by atoms with van der Waals surface area (Å²) in [6.45, 7) is 2.05. The molecule has 0 bridgehead atoms. The molecule has 0 aliphatic carbocycles. The molecule has 6 heteroatoms. The van der Waals surface area contributed by atoms with E-state index >= 15 is 0 Å². The van der Waals surface area contributed by atoms with Crippen LogP contribution < -0.4 is 4.74 Å². The summed E-state index contributed by atoms with van der Waals surface area (Å²) in [5.74, 6) is -0.151. The summed E-state index contributed by atoms with van der Waals surface area (Å²) < 4.78 is 41.5. The van der Waals surface area contributed by atoms with Gasteiger partial charge in [0.15, 0.2) is 0 Å². The lowest BCUT2D eigenvalue weighted by Gasteiger charge is -2.11. The Morgan fingerprint density at radius 3 is 2.29 bits per heavy atom. The average Bonchev–Trinajstić information content (AvgIpc) is 2.45. The maximum absolute atomic E-state index is 12.8. The fraction of sp³-hybridized carbons (Fsp3) is 0.200. The second-order valence-electron chi connectivity index (χ2n) is 4.49. The van der Waals surface area contributed by atoms with Gasteiger partial charge in [-0.05, 0) is 41.8 Å². The molecule has 3 nitrogen and oxygen atoms in total. The van der Waals surface area contributed by atoms with E-state index < -0.39 is 9.05 Å². The number of halogens is 2. The molecule has 0 aliphatic rings. The molecule has 0 spiro atoms. The van der Waals surface area contributed by atoms with Crippen molar-refractivity contribution in [2.45, 2.75) is 24.8 Å². The van der Waals surface area contributed by atoms with E-state index in [0.29, 0.717) is 6.42 Å². The Hall–Kier alpha value is -1.59. The fourth-order valence-corrected chi connectivity index (χ4v) is 2.85. The lowest BCUT2D eigenvalue weighted by atomic mass is 10.2. The minimum absolute atomic E-state index is 0.0503. The predicted octanol–water partition coefficient (Wildman–Crippen LogP) is 3.89. The predicted molar refractivity (Wildman–Crippen MR) is 79.6 cm³/mol. The molecular formula is C15H14ClFO3S. The zero-order valence-electron chi connectivity index (χ0n) is 11.3. The highest BCUT2D eigenvalue weighted by Crippen LogP contribution is 2.29. The van der Waals surface area contributed by atoms with Gasteiger partial charge in [-0.25, -0.2) is 12.8 Å². The number of hydrogen-bond donors (Lipinski definition) is 0. The van der Waals surface area contributed by atoms with Crippen LogP contribution in [0.5, 0.6) is 5.75 Å². The molecule has 0 amide bonds. The van der Waals surface area contributed by atoms with Crippen molar-refractivity contribution in [3.63, 3.8) is 0 Å². The van der Waals surface area contributed by atoms with Gasteiger partial charge in [0.1, 0.15) is 23.1 Å². The first kappa shape index (κ1) is 15.8. The summed E-state index contributed by atoms with van der Waals surface area (Å²) >= 11 is 0. The van der Waals surface area contributed by atoms with Gasteiger partial charge in [0.2, 0.25) is 0 Å². The Balaban J connectivity index is 2.25. The van der Waals surface area contributed by atoms with E-state index in [4.69, 9.17) is 15.4 Å². The molecule has 0 aliphatic heterocycles. The van der Waals surface area contributed by atoms with Crippen molar-refractivity contribution in [2.24, 2.45) is 0 Å². The normalized spacial score (nSPS) is 11.4. The molecule has 2 aromatic carbocycles. The summed E-state index contributed by atoms with van der Waals surface area (Å²) in [7, 11) is 1.55. The van der Waals surface area contributed by atoms with Gasteiger partial charge in [0.05, 0.1) is 0 Å². The zero-order chi connectivity index (χ0) is 15.5. The maximum Gasteiger partial charge on any atom is 0.264 e. The van der Waals surface area contributed by atoms with Crippen molar-refractivity contribution in [3.8, 4) is 5.75 Å². The quantitative estimate of drug-likeness (QED) is 0.782. The third kappa shape index (κ3) is 4.19. The molecule has 0 atom stereocenters. The number of aryl methyl sites for hydroxylation is 1. The van der Waals surface area contributed by atoms with E-state index in [2.05, 4.69) is 0 Å². The van der Waals surface area contributed by atoms with E-state index in [-0.39, 0.29) is 23.1 Å². The minimum atomic E-state index is -3.89. The Kier molecular flexibility index (Phi) is 4.85. The number of benzene rings is 2. The molecule has 0 saturated carbocycles. The summed E-state index contributed by atoms with van der Waals surface area (Å²) in [4.78, 5) is -0.0503. The molecule has 0 heterocycles. The summed E-state index contributed by atoms with van der Waals surface area (Å²) in [6, 6.07) is 10.6. The number of rotatable bonds is 5. The van der Waals surface area contributed by atoms with Gasteiger partial charge < -0.3 is 4.74 Å². The Morgan fingerprint density at radius 2 is 1.71 bits per heavy atom. The summed E-state index contributed by atoms with van der Waals surface area (Å²) in [5.41, 5.74) is 1.58. The second-order valence-corrected chi connectivity index (χ2v) is 7.02. The topological polar surface area (TPSA) is 43.4 Å². The van der Waals surface area contributed by atoms with E-state index in [1.165, 1.54) is 18.2 Å². The zero-order valence-corrected chi connectivity index (χ0v) is 12.9. The highest BCUT2D eigenvalue weighted by atomic mass is 35.7. The van der Waals surface area contributed by atoms with Crippen molar-refractivity contribution >= 4 is 19.7 Å². The van der Waals surface area contributed by atoms with Crippen LogP contribution >= 0.6 is 10.7 Å². The fourth-order valence-electron chi connectivity index (χ4n) is 1.82. The third-order valence-electron chi connectivity index (χ3n) is 2.99. The summed E-state index contributed by atoms with van der Waals surface area (Å²) in [6.07, 6.45) is 0.692. The first-order valence-electron chi connectivity index (χ1n) is 6.35. The molecule has 21 heavy (non-hydrogen) atoms. The van der Waals surface area contributed by atoms with E-state index in [1.807, 2.05) is 6.92 Å². The third-order valence-corrected chi connectivity index (χ3v) is 4.33. The van der Waals surface area contributed by atoms with Crippen molar-refractivity contribution in [1.29, 1.82) is 0 Å². The van der Waals surface area contributed by atoms with Gasteiger partial charge in [-0.2, -0.15) is 0 Å². The lowest BCUT2D eigenvalue weighted by Crippen LogP contribution is -2.01. The molecular weight excluding hydrogens is 315 g/mol. The molecule has 0 fully saturated rings. The van der Waals surface area contributed by atoms with Crippen LogP contribution in [0.2, 0.25) is 0 Å². The first-order chi connectivity index (χ1) is 9.90. The van der Waals surface area contributed by atoms with Crippen LogP contribution in [-0.4, -0.2) is 8.42 Å². The SMILES string of the molecule is CCc1ccc(OCc2ccc(F)cc2)c(S(=O)(=O)Cl)c1. The molecule has 0 aromatic heterocycles. The van der Waals surface area contributed by atoms with Crippen molar-refractivity contribution in [2.75, 3.05) is 0 Å². The highest BCUT2D eigenvalue weighted by molar-refractivity contribution is 8.13. The van der Waals surface area contributed by atoms with Crippen LogP contribution in [0, 0.1) is 5.82 Å². The average molecular weight is 329 g/mol. The first-order valence-corrected chi connectivity index (χ1v) is 8.66. The van der Waals surface area contributed by atoms with Gasteiger partial charge >= 0.3 is 0 Å². The number of hydrogen-bond acceptors (Lipinski definition) is 3. The van der Waals surface area contributed by atoms with Crippen LogP contribution in [0.4, 0.5) is 4.39 Å². The van der Waals surface area contributed by atoms with Gasteiger partial charge in [0, 0.05) is 10.7 Å². The van der Waals surface area contributed by atoms with Gasteiger partial charge in [-0.15, -0.1) is 0 Å². The molecule has 2 aromatic rings. The summed E-state index contributed by atoms with van der Waals surface area (Å²) in [5, 5.41) is 0. The van der Waals surface area contributed by atoms with Crippen molar-refractivity contribution in [1.82, 2.24) is 0 Å².